The number of carbonyl (C=O) groups is 1. The maximum absolute atomic E-state index is 12.2. The quantitative estimate of drug-likeness (QED) is 0.864. The number of nitrogens with one attached hydrogen (secondary N) is 1. The summed E-state index contributed by atoms with van der Waals surface area (Å²) in [6.07, 6.45) is 0.00602. The second kappa shape index (κ2) is 4.74. The van der Waals surface area contributed by atoms with E-state index in [9.17, 15) is 4.79 Å². The van der Waals surface area contributed by atoms with E-state index < -0.39 is 0 Å². The molecule has 2 atom stereocenters. The predicted molar refractivity (Wildman–Crippen MR) is 63.5 cm³/mol. The minimum atomic E-state index is -0.0510. The summed E-state index contributed by atoms with van der Waals surface area (Å²) in [5.41, 5.74) is 0. The highest BCUT2D eigenvalue weighted by Gasteiger charge is 2.34. The Kier molecular flexibility index (Phi) is 3.56. The van der Waals surface area contributed by atoms with Crippen molar-refractivity contribution in [3.05, 3.63) is 20.8 Å². The largest absolute Gasteiger partial charge is 0.379 e. The van der Waals surface area contributed by atoms with Crippen LogP contribution < -0.4 is 5.32 Å². The van der Waals surface area contributed by atoms with Gasteiger partial charge in [0, 0.05) is 24.7 Å². The first kappa shape index (κ1) is 11.3. The third-order valence-electron chi connectivity index (χ3n) is 2.64. The van der Waals surface area contributed by atoms with Crippen LogP contribution in [0.3, 0.4) is 0 Å². The summed E-state index contributed by atoms with van der Waals surface area (Å²) in [7, 11) is 1.65. The number of carbonyl (C=O) groups excluding carboxylic acids is 1. The lowest BCUT2D eigenvalue weighted by Gasteiger charge is -2.14. The van der Waals surface area contributed by atoms with Crippen LogP contribution in [0.2, 0.25) is 0 Å². The van der Waals surface area contributed by atoms with Crippen LogP contribution in [0, 0.1) is 5.92 Å². The van der Waals surface area contributed by atoms with E-state index in [0.717, 1.165) is 15.9 Å². The van der Waals surface area contributed by atoms with E-state index in [0.29, 0.717) is 6.54 Å². The second-order valence-corrected chi connectivity index (χ2v) is 5.27. The van der Waals surface area contributed by atoms with E-state index in [-0.39, 0.29) is 17.8 Å². The standard InChI is InChI=1S/C10H12BrNO2S/c1-14-8-5-12-4-6(8)9(13)10-7(11)2-3-15-10/h2-3,6,8,12H,4-5H2,1H3. The fourth-order valence-corrected chi connectivity index (χ4v) is 3.37. The van der Waals surface area contributed by atoms with Gasteiger partial charge in [-0.1, -0.05) is 0 Å². The maximum Gasteiger partial charge on any atom is 0.180 e. The molecule has 1 saturated heterocycles. The second-order valence-electron chi connectivity index (χ2n) is 3.50. The normalized spacial score (nSPS) is 25.7. The number of Topliss-reactive ketones (excluding diaryl/α,β-unsaturated/α-hetero) is 1. The molecule has 3 nitrogen and oxygen atoms in total. The average molecular weight is 290 g/mol. The molecule has 1 N–H and O–H groups in total. The lowest BCUT2D eigenvalue weighted by molar-refractivity contribution is 0.0630. The van der Waals surface area contributed by atoms with Gasteiger partial charge in [0.05, 0.1) is 16.9 Å². The van der Waals surface area contributed by atoms with Crippen LogP contribution in [-0.2, 0) is 4.74 Å². The van der Waals surface area contributed by atoms with Crippen molar-refractivity contribution in [2.24, 2.45) is 5.92 Å². The van der Waals surface area contributed by atoms with Crippen molar-refractivity contribution in [1.82, 2.24) is 5.32 Å². The van der Waals surface area contributed by atoms with Crippen molar-refractivity contribution in [2.75, 3.05) is 20.2 Å². The van der Waals surface area contributed by atoms with Crippen molar-refractivity contribution < 1.29 is 9.53 Å². The Morgan fingerprint density at radius 3 is 3.07 bits per heavy atom. The number of ketones is 1. The van der Waals surface area contributed by atoms with Gasteiger partial charge < -0.3 is 10.1 Å². The third kappa shape index (κ3) is 2.15. The summed E-state index contributed by atoms with van der Waals surface area (Å²) in [5.74, 6) is 0.124. The van der Waals surface area contributed by atoms with Crippen molar-refractivity contribution in [1.29, 1.82) is 0 Å². The molecule has 0 radical (unpaired) electrons. The van der Waals surface area contributed by atoms with Crippen molar-refractivity contribution in [3.63, 3.8) is 0 Å². The molecule has 2 rings (SSSR count). The van der Waals surface area contributed by atoms with Crippen molar-refractivity contribution in [2.45, 2.75) is 6.10 Å². The number of hydrogen-bond donors (Lipinski definition) is 1. The Balaban J connectivity index is 2.18. The number of hydrogen-bond acceptors (Lipinski definition) is 4. The van der Waals surface area contributed by atoms with Crippen molar-refractivity contribution >= 4 is 33.0 Å². The molecule has 2 unspecified atom stereocenters. The minimum Gasteiger partial charge on any atom is -0.379 e. The highest BCUT2D eigenvalue weighted by atomic mass is 79.9. The van der Waals surface area contributed by atoms with Crippen LogP contribution in [0.15, 0.2) is 15.9 Å². The topological polar surface area (TPSA) is 38.3 Å². The van der Waals surface area contributed by atoms with Gasteiger partial charge >= 0.3 is 0 Å². The Hall–Kier alpha value is -0.230. The van der Waals surface area contributed by atoms with Gasteiger partial charge in [-0.15, -0.1) is 11.3 Å². The van der Waals surface area contributed by atoms with Crippen LogP contribution in [0.4, 0.5) is 0 Å². The lowest BCUT2D eigenvalue weighted by atomic mass is 10.00. The highest BCUT2D eigenvalue weighted by molar-refractivity contribution is 9.10. The van der Waals surface area contributed by atoms with Crippen LogP contribution in [0.1, 0.15) is 9.67 Å². The summed E-state index contributed by atoms with van der Waals surface area (Å²) >= 11 is 4.86. The van der Waals surface area contributed by atoms with E-state index in [4.69, 9.17) is 4.74 Å². The fourth-order valence-electron chi connectivity index (χ4n) is 1.80. The molecule has 0 bridgehead atoms. The van der Waals surface area contributed by atoms with E-state index in [1.807, 2.05) is 11.4 Å². The minimum absolute atomic E-state index is 0.00602. The van der Waals surface area contributed by atoms with Gasteiger partial charge in [0.25, 0.3) is 0 Å². The monoisotopic (exact) mass is 289 g/mol. The van der Waals surface area contributed by atoms with Gasteiger partial charge in [-0.3, -0.25) is 4.79 Å². The summed E-state index contributed by atoms with van der Waals surface area (Å²) in [6.45, 7) is 1.47. The molecular formula is C10H12BrNO2S. The first-order valence-corrected chi connectivity index (χ1v) is 6.42. The smallest absolute Gasteiger partial charge is 0.180 e. The van der Waals surface area contributed by atoms with Gasteiger partial charge in [-0.2, -0.15) is 0 Å². The van der Waals surface area contributed by atoms with Crippen LogP contribution in [0.5, 0.6) is 0 Å². The van der Waals surface area contributed by atoms with Gasteiger partial charge in [0.2, 0.25) is 0 Å². The summed E-state index contributed by atoms with van der Waals surface area (Å²) in [6, 6.07) is 1.90. The summed E-state index contributed by atoms with van der Waals surface area (Å²) < 4.78 is 6.18. The maximum atomic E-state index is 12.2. The van der Waals surface area contributed by atoms with E-state index in [1.54, 1.807) is 7.11 Å². The number of halogens is 1. The summed E-state index contributed by atoms with van der Waals surface area (Å²) in [4.78, 5) is 13.0. The van der Waals surface area contributed by atoms with E-state index >= 15 is 0 Å². The number of methoxy groups -OCH3 is 1. The molecule has 0 spiro atoms. The Bertz CT molecular complexity index is 366. The molecule has 5 heteroatoms. The first-order valence-electron chi connectivity index (χ1n) is 4.74. The van der Waals surface area contributed by atoms with E-state index in [2.05, 4.69) is 21.2 Å². The fraction of sp³-hybridized carbons (Fsp3) is 0.500. The van der Waals surface area contributed by atoms with Crippen LogP contribution in [-0.4, -0.2) is 32.1 Å². The lowest BCUT2D eigenvalue weighted by Crippen LogP contribution is -2.28. The predicted octanol–water partition coefficient (Wildman–Crippen LogP) is 1.93. The molecule has 0 aromatic carbocycles. The Morgan fingerprint density at radius 1 is 1.67 bits per heavy atom. The van der Waals surface area contributed by atoms with Gasteiger partial charge in [0.1, 0.15) is 0 Å². The zero-order chi connectivity index (χ0) is 10.8. The Labute approximate surface area is 101 Å². The van der Waals surface area contributed by atoms with Crippen molar-refractivity contribution in [3.8, 4) is 0 Å². The van der Waals surface area contributed by atoms with Gasteiger partial charge in [0.15, 0.2) is 5.78 Å². The molecule has 1 aliphatic heterocycles. The first-order chi connectivity index (χ1) is 7.24. The molecule has 0 amide bonds. The molecule has 15 heavy (non-hydrogen) atoms. The number of rotatable bonds is 3. The zero-order valence-electron chi connectivity index (χ0n) is 8.33. The van der Waals surface area contributed by atoms with Crippen LogP contribution >= 0.6 is 27.3 Å². The SMILES string of the molecule is COC1CNCC1C(=O)c1sccc1Br. The molecule has 0 saturated carbocycles. The van der Waals surface area contributed by atoms with Gasteiger partial charge in [-0.25, -0.2) is 0 Å². The number of ether oxygens (including phenoxy) is 1. The zero-order valence-corrected chi connectivity index (χ0v) is 10.7. The van der Waals surface area contributed by atoms with E-state index in [1.165, 1.54) is 11.3 Å². The molecule has 2 heterocycles. The molecule has 1 aromatic rings. The van der Waals surface area contributed by atoms with Crippen LogP contribution in [0.25, 0.3) is 0 Å². The molecule has 1 aromatic heterocycles. The molecule has 1 aliphatic rings. The number of thiophene rings is 1. The Morgan fingerprint density at radius 2 is 2.47 bits per heavy atom. The molecular weight excluding hydrogens is 278 g/mol. The summed E-state index contributed by atoms with van der Waals surface area (Å²) in [5, 5.41) is 5.10. The average Bonchev–Trinajstić information content (AvgIpc) is 2.84. The highest BCUT2D eigenvalue weighted by Crippen LogP contribution is 2.28. The van der Waals surface area contributed by atoms with Gasteiger partial charge in [-0.05, 0) is 27.4 Å². The molecule has 1 fully saturated rings. The molecule has 0 aliphatic carbocycles. The molecule has 82 valence electrons. The third-order valence-corrected chi connectivity index (χ3v) is 4.49.